The number of carbonyl (C=O) groups excluding carboxylic acids is 1. The van der Waals surface area contributed by atoms with Gasteiger partial charge in [0.1, 0.15) is 6.54 Å². The maximum Gasteiger partial charge on any atom is 0.238 e. The number of nitrogens with zero attached hydrogens (tertiary/aromatic N) is 1. The van der Waals surface area contributed by atoms with Crippen molar-refractivity contribution in [2.24, 2.45) is 22.7 Å². The highest BCUT2D eigenvalue weighted by Crippen LogP contribution is 2.39. The van der Waals surface area contributed by atoms with E-state index in [9.17, 15) is 4.79 Å². The van der Waals surface area contributed by atoms with Gasteiger partial charge in [-0.3, -0.25) is 4.79 Å². The predicted octanol–water partition coefficient (Wildman–Crippen LogP) is 0.0133. The lowest BCUT2D eigenvalue weighted by molar-refractivity contribution is -0.117. The Morgan fingerprint density at radius 2 is 2.62 bits per heavy atom. The highest BCUT2D eigenvalue weighted by atomic mass is 16.1. The van der Waals surface area contributed by atoms with Gasteiger partial charge < -0.3 is 11.2 Å². The molecule has 4 nitrogen and oxygen atoms in total. The normalized spacial score (nSPS) is 32.8. The quantitative estimate of drug-likeness (QED) is 0.473. The predicted molar refractivity (Wildman–Crippen MR) is 50.0 cm³/mol. The lowest BCUT2D eigenvalue weighted by Crippen LogP contribution is -2.36. The molecule has 1 fully saturated rings. The lowest BCUT2D eigenvalue weighted by Gasteiger charge is -2.31. The average molecular weight is 179 g/mol. The third-order valence-electron chi connectivity index (χ3n) is 2.64. The van der Waals surface area contributed by atoms with Crippen molar-refractivity contribution in [1.29, 1.82) is 0 Å². The summed E-state index contributed by atoms with van der Waals surface area (Å²) >= 11 is 0. The third kappa shape index (κ3) is 1.56. The second-order valence-corrected chi connectivity index (χ2v) is 3.54. The minimum Gasteiger partial charge on any atom is -0.368 e. The zero-order valence-electron chi connectivity index (χ0n) is 7.36. The van der Waals surface area contributed by atoms with E-state index < -0.39 is 0 Å². The van der Waals surface area contributed by atoms with Gasteiger partial charge in [-0.05, 0) is 18.8 Å². The molecule has 1 saturated carbocycles. The first-order valence-electron chi connectivity index (χ1n) is 4.51. The molecule has 4 heteroatoms. The number of carbonyl (C=O) groups is 1. The number of allylic oxidation sites excluding steroid dienone is 2. The van der Waals surface area contributed by atoms with Crippen LogP contribution in [-0.4, -0.2) is 18.2 Å². The number of fused-ring (bicyclic) bond motifs is 1. The third-order valence-corrected chi connectivity index (χ3v) is 2.64. The molecule has 0 aromatic heterocycles. The van der Waals surface area contributed by atoms with Crippen LogP contribution in [-0.2, 0) is 4.79 Å². The van der Waals surface area contributed by atoms with Gasteiger partial charge in [0.2, 0.25) is 5.91 Å². The Kier molecular flexibility index (Phi) is 2.04. The first kappa shape index (κ1) is 8.29. The van der Waals surface area contributed by atoms with E-state index in [0.717, 1.165) is 12.8 Å². The Hall–Kier alpha value is -1.32. The van der Waals surface area contributed by atoms with Crippen molar-refractivity contribution in [2.75, 3.05) is 6.54 Å². The molecule has 0 aliphatic heterocycles. The number of primary amides is 1. The van der Waals surface area contributed by atoms with Crippen LogP contribution in [0.15, 0.2) is 17.3 Å². The standard InChI is InChI=1S/C9H13N3O/c10-9(13)5-11-12-8-4-6-2-1-3-7(6)8/h1-2,6-7,11H,3-5H2,(H2,10,13)/b12-8-. The van der Waals surface area contributed by atoms with Crippen LogP contribution in [0.4, 0.5) is 0 Å². The van der Waals surface area contributed by atoms with E-state index in [1.807, 2.05) is 0 Å². The van der Waals surface area contributed by atoms with Crippen LogP contribution in [0.2, 0.25) is 0 Å². The molecule has 2 atom stereocenters. The molecule has 2 rings (SSSR count). The molecule has 0 radical (unpaired) electrons. The van der Waals surface area contributed by atoms with Crippen LogP contribution in [0.5, 0.6) is 0 Å². The van der Waals surface area contributed by atoms with Gasteiger partial charge in [-0.1, -0.05) is 12.2 Å². The highest BCUT2D eigenvalue weighted by Gasteiger charge is 2.37. The van der Waals surface area contributed by atoms with E-state index in [1.165, 1.54) is 5.71 Å². The molecule has 0 spiro atoms. The van der Waals surface area contributed by atoms with Crippen molar-refractivity contribution in [1.82, 2.24) is 5.43 Å². The van der Waals surface area contributed by atoms with Gasteiger partial charge in [-0.15, -0.1) is 0 Å². The summed E-state index contributed by atoms with van der Waals surface area (Å²) in [5.74, 6) is 0.930. The fourth-order valence-electron chi connectivity index (χ4n) is 1.88. The Balaban J connectivity index is 1.80. The molecular formula is C9H13N3O. The van der Waals surface area contributed by atoms with Gasteiger partial charge in [0.15, 0.2) is 0 Å². The number of nitrogens with two attached hydrogens (primary N) is 1. The van der Waals surface area contributed by atoms with E-state index in [1.54, 1.807) is 0 Å². The second kappa shape index (κ2) is 3.20. The van der Waals surface area contributed by atoms with Crippen LogP contribution < -0.4 is 11.2 Å². The number of amides is 1. The number of hydrogen-bond acceptors (Lipinski definition) is 3. The molecule has 0 heterocycles. The summed E-state index contributed by atoms with van der Waals surface area (Å²) in [6.45, 7) is 0.133. The summed E-state index contributed by atoms with van der Waals surface area (Å²) < 4.78 is 0. The van der Waals surface area contributed by atoms with Gasteiger partial charge >= 0.3 is 0 Å². The fourth-order valence-corrected chi connectivity index (χ4v) is 1.88. The number of nitrogens with one attached hydrogen (secondary N) is 1. The Bertz CT molecular complexity index is 283. The first-order valence-corrected chi connectivity index (χ1v) is 4.51. The highest BCUT2D eigenvalue weighted by molar-refractivity contribution is 5.94. The average Bonchev–Trinajstić information content (AvgIpc) is 2.40. The van der Waals surface area contributed by atoms with Crippen LogP contribution in [0.1, 0.15) is 12.8 Å². The summed E-state index contributed by atoms with van der Waals surface area (Å²) in [5.41, 5.74) is 8.82. The summed E-state index contributed by atoms with van der Waals surface area (Å²) in [7, 11) is 0. The Morgan fingerprint density at radius 1 is 1.77 bits per heavy atom. The fraction of sp³-hybridized carbons (Fsp3) is 0.556. The van der Waals surface area contributed by atoms with E-state index >= 15 is 0 Å². The topological polar surface area (TPSA) is 67.5 Å². The lowest BCUT2D eigenvalue weighted by atomic mass is 9.74. The van der Waals surface area contributed by atoms with Gasteiger partial charge in [0, 0.05) is 11.6 Å². The molecule has 0 aromatic rings. The largest absolute Gasteiger partial charge is 0.368 e. The van der Waals surface area contributed by atoms with Crippen LogP contribution in [0, 0.1) is 11.8 Å². The molecule has 2 unspecified atom stereocenters. The maximum atomic E-state index is 10.4. The number of rotatable bonds is 3. The van der Waals surface area contributed by atoms with Crippen molar-refractivity contribution in [3.63, 3.8) is 0 Å². The van der Waals surface area contributed by atoms with Crippen LogP contribution in [0.3, 0.4) is 0 Å². The SMILES string of the molecule is NC(=O)CN/N=C1/CC2C=CCC12. The molecule has 70 valence electrons. The Labute approximate surface area is 76.9 Å². The van der Waals surface area contributed by atoms with E-state index in [4.69, 9.17) is 5.73 Å². The number of hydrogen-bond donors (Lipinski definition) is 2. The van der Waals surface area contributed by atoms with Crippen molar-refractivity contribution in [3.05, 3.63) is 12.2 Å². The van der Waals surface area contributed by atoms with Crippen molar-refractivity contribution in [2.45, 2.75) is 12.8 Å². The molecule has 0 bridgehead atoms. The van der Waals surface area contributed by atoms with Crippen LogP contribution >= 0.6 is 0 Å². The molecule has 2 aliphatic rings. The zero-order chi connectivity index (χ0) is 9.26. The van der Waals surface area contributed by atoms with Gasteiger partial charge in [-0.25, -0.2) is 0 Å². The molecule has 2 aliphatic carbocycles. The Morgan fingerprint density at radius 3 is 3.31 bits per heavy atom. The summed E-state index contributed by atoms with van der Waals surface area (Å²) in [6, 6.07) is 0. The monoisotopic (exact) mass is 179 g/mol. The summed E-state index contributed by atoms with van der Waals surface area (Å²) in [6.07, 6.45) is 6.58. The smallest absolute Gasteiger partial charge is 0.238 e. The first-order chi connectivity index (χ1) is 6.27. The zero-order valence-corrected chi connectivity index (χ0v) is 7.36. The molecule has 0 saturated heterocycles. The minimum atomic E-state index is -0.371. The number of hydrazone groups is 1. The van der Waals surface area contributed by atoms with Crippen LogP contribution in [0.25, 0.3) is 0 Å². The summed E-state index contributed by atoms with van der Waals surface area (Å²) in [4.78, 5) is 10.4. The second-order valence-electron chi connectivity index (χ2n) is 3.54. The molecule has 1 amide bonds. The molecule has 0 aromatic carbocycles. The van der Waals surface area contributed by atoms with Gasteiger partial charge in [0.25, 0.3) is 0 Å². The molecular weight excluding hydrogens is 166 g/mol. The van der Waals surface area contributed by atoms with Gasteiger partial charge in [0.05, 0.1) is 0 Å². The maximum absolute atomic E-state index is 10.4. The summed E-state index contributed by atoms with van der Waals surface area (Å²) in [5, 5.41) is 4.14. The van der Waals surface area contributed by atoms with Gasteiger partial charge in [-0.2, -0.15) is 5.10 Å². The molecule has 3 N–H and O–H groups in total. The van der Waals surface area contributed by atoms with Crippen molar-refractivity contribution < 1.29 is 4.79 Å². The van der Waals surface area contributed by atoms with Crippen molar-refractivity contribution in [3.8, 4) is 0 Å². The van der Waals surface area contributed by atoms with E-state index in [0.29, 0.717) is 11.8 Å². The minimum absolute atomic E-state index is 0.133. The van der Waals surface area contributed by atoms with Crippen molar-refractivity contribution >= 4 is 11.6 Å². The molecule has 13 heavy (non-hydrogen) atoms. The van der Waals surface area contributed by atoms with E-state index in [2.05, 4.69) is 22.7 Å². The van der Waals surface area contributed by atoms with E-state index in [-0.39, 0.29) is 12.5 Å².